The van der Waals surface area contributed by atoms with Crippen LogP contribution in [0.2, 0.25) is 0 Å². The quantitative estimate of drug-likeness (QED) is 0.352. The molecule has 2 aliphatic rings. The Morgan fingerprint density at radius 3 is 2.48 bits per heavy atom. The number of hydrogen-bond acceptors (Lipinski definition) is 7. The van der Waals surface area contributed by atoms with Gasteiger partial charge in [0.2, 0.25) is 11.8 Å². The van der Waals surface area contributed by atoms with Gasteiger partial charge in [0.15, 0.2) is 0 Å². The third-order valence-electron chi connectivity index (χ3n) is 7.67. The lowest BCUT2D eigenvalue weighted by molar-refractivity contribution is 0.0470. The van der Waals surface area contributed by atoms with E-state index < -0.39 is 0 Å². The lowest BCUT2D eigenvalue weighted by Crippen LogP contribution is -2.49. The zero-order chi connectivity index (χ0) is 28.3. The zero-order valence-corrected chi connectivity index (χ0v) is 25.1. The van der Waals surface area contributed by atoms with Crippen molar-refractivity contribution in [3.63, 3.8) is 0 Å². The van der Waals surface area contributed by atoms with Gasteiger partial charge in [-0.25, -0.2) is 4.98 Å². The second-order valence-electron chi connectivity index (χ2n) is 12.3. The molecule has 1 atom stereocenters. The van der Waals surface area contributed by atoms with E-state index in [2.05, 4.69) is 67.8 Å². The molecular formula is C32H41N5O2S. The van der Waals surface area contributed by atoms with Crippen molar-refractivity contribution in [1.82, 2.24) is 20.2 Å². The minimum atomic E-state index is -0.102. The zero-order valence-electron chi connectivity index (χ0n) is 24.3. The van der Waals surface area contributed by atoms with Crippen LogP contribution in [0.1, 0.15) is 61.5 Å². The third kappa shape index (κ3) is 6.96. The standard InChI is InChI=1S/C32H41N5O2S/c1-21-8-6-9-22(2)29(21)27-17-28-35-31(34-27)36-40-26-11-7-10-24(16-26)30(38)37(19-23-12-14-33-15-13-23)25(20-39-28)18-32(3,4)5/h6-11,16-17,23,25,33H,12-15,18-20H2,1-5H3,(H,34,35,36)/t25-/m1/s1. The molecular weight excluding hydrogens is 518 g/mol. The van der Waals surface area contributed by atoms with Crippen molar-refractivity contribution < 1.29 is 9.53 Å². The van der Waals surface area contributed by atoms with E-state index in [1.807, 2.05) is 30.3 Å². The molecule has 2 aromatic carbocycles. The number of amides is 1. The number of piperidine rings is 1. The normalized spacial score (nSPS) is 18.7. The summed E-state index contributed by atoms with van der Waals surface area (Å²) in [5.74, 6) is 1.51. The average Bonchev–Trinajstić information content (AvgIpc) is 2.92. The smallest absolute Gasteiger partial charge is 0.254 e. The van der Waals surface area contributed by atoms with Crippen LogP contribution in [-0.2, 0) is 0 Å². The molecule has 0 aliphatic carbocycles. The van der Waals surface area contributed by atoms with E-state index in [4.69, 9.17) is 14.7 Å². The number of benzene rings is 2. The highest BCUT2D eigenvalue weighted by atomic mass is 32.2. The van der Waals surface area contributed by atoms with Crippen LogP contribution < -0.4 is 14.8 Å². The number of carbonyl (C=O) groups excluding carboxylic acids is 1. The van der Waals surface area contributed by atoms with Crippen molar-refractivity contribution in [3.8, 4) is 17.1 Å². The largest absolute Gasteiger partial charge is 0.475 e. The van der Waals surface area contributed by atoms with Gasteiger partial charge in [0.05, 0.1) is 11.7 Å². The van der Waals surface area contributed by atoms with Crippen LogP contribution in [0.5, 0.6) is 5.88 Å². The Bertz CT molecular complexity index is 1330. The summed E-state index contributed by atoms with van der Waals surface area (Å²) in [6.45, 7) is 14.0. The second kappa shape index (κ2) is 12.2. The molecule has 3 heterocycles. The summed E-state index contributed by atoms with van der Waals surface area (Å²) in [6, 6.07) is 15.9. The topological polar surface area (TPSA) is 79.4 Å². The van der Waals surface area contributed by atoms with E-state index in [0.29, 0.717) is 29.9 Å². The van der Waals surface area contributed by atoms with Crippen molar-refractivity contribution in [1.29, 1.82) is 0 Å². The summed E-state index contributed by atoms with van der Waals surface area (Å²) in [5.41, 5.74) is 4.92. The monoisotopic (exact) mass is 559 g/mol. The fraction of sp³-hybridized carbons (Fsp3) is 0.469. The molecule has 2 aliphatic heterocycles. The molecule has 5 rings (SSSR count). The maximum absolute atomic E-state index is 14.2. The predicted octanol–water partition coefficient (Wildman–Crippen LogP) is 6.52. The minimum absolute atomic E-state index is 0.00808. The van der Waals surface area contributed by atoms with Crippen LogP contribution in [0.15, 0.2) is 53.4 Å². The lowest BCUT2D eigenvalue weighted by atomic mass is 9.86. The van der Waals surface area contributed by atoms with Crippen LogP contribution in [-0.4, -0.2) is 53.1 Å². The Hall–Kier alpha value is -3.10. The van der Waals surface area contributed by atoms with Crippen LogP contribution in [0.3, 0.4) is 0 Å². The number of aryl methyl sites for hydroxylation is 2. The maximum Gasteiger partial charge on any atom is 0.254 e. The number of carbonyl (C=O) groups is 1. The molecule has 40 heavy (non-hydrogen) atoms. The molecule has 1 amide bonds. The molecule has 1 fully saturated rings. The molecule has 212 valence electrons. The van der Waals surface area contributed by atoms with Crippen LogP contribution in [0.4, 0.5) is 5.95 Å². The molecule has 0 radical (unpaired) electrons. The first-order chi connectivity index (χ1) is 19.2. The van der Waals surface area contributed by atoms with Gasteiger partial charge in [-0.2, -0.15) is 4.98 Å². The molecule has 0 saturated carbocycles. The van der Waals surface area contributed by atoms with Crippen molar-refractivity contribution in [2.24, 2.45) is 11.3 Å². The Morgan fingerprint density at radius 2 is 1.75 bits per heavy atom. The van der Waals surface area contributed by atoms with Gasteiger partial charge in [-0.05, 0) is 98.8 Å². The summed E-state index contributed by atoms with van der Waals surface area (Å²) >= 11 is 1.41. The molecule has 0 spiro atoms. The summed E-state index contributed by atoms with van der Waals surface area (Å²) in [7, 11) is 0. The van der Waals surface area contributed by atoms with Crippen molar-refractivity contribution >= 4 is 23.8 Å². The molecule has 2 N–H and O–H groups in total. The number of rotatable bonds is 4. The number of aromatic nitrogens is 2. The molecule has 4 bridgehead atoms. The van der Waals surface area contributed by atoms with Gasteiger partial charge in [0.25, 0.3) is 5.91 Å². The first kappa shape index (κ1) is 28.4. The van der Waals surface area contributed by atoms with Crippen LogP contribution >= 0.6 is 11.9 Å². The van der Waals surface area contributed by atoms with E-state index in [9.17, 15) is 4.79 Å². The molecule has 1 aromatic heterocycles. The first-order valence-electron chi connectivity index (χ1n) is 14.3. The van der Waals surface area contributed by atoms with Gasteiger partial charge in [0.1, 0.15) is 6.61 Å². The highest BCUT2D eigenvalue weighted by Gasteiger charge is 2.32. The third-order valence-corrected chi connectivity index (χ3v) is 8.44. The summed E-state index contributed by atoms with van der Waals surface area (Å²) in [4.78, 5) is 26.8. The van der Waals surface area contributed by atoms with Gasteiger partial charge in [-0.1, -0.05) is 45.0 Å². The highest BCUT2D eigenvalue weighted by Crippen LogP contribution is 2.32. The van der Waals surface area contributed by atoms with E-state index in [1.54, 1.807) is 0 Å². The van der Waals surface area contributed by atoms with E-state index in [-0.39, 0.29) is 17.4 Å². The SMILES string of the molecule is Cc1cccc(C)c1-c1cc2nc(n1)NSc1cccc(c1)C(=O)N(CC1CCNCC1)[C@H](CC(C)(C)C)CO2. The summed E-state index contributed by atoms with van der Waals surface area (Å²) in [6.07, 6.45) is 2.96. The summed E-state index contributed by atoms with van der Waals surface area (Å²) < 4.78 is 9.79. The van der Waals surface area contributed by atoms with Crippen molar-refractivity contribution in [2.45, 2.75) is 64.8 Å². The lowest BCUT2D eigenvalue weighted by Gasteiger charge is -2.38. The van der Waals surface area contributed by atoms with E-state index in [0.717, 1.165) is 66.2 Å². The van der Waals surface area contributed by atoms with Gasteiger partial charge < -0.3 is 15.0 Å². The van der Waals surface area contributed by atoms with Gasteiger partial charge in [-0.3, -0.25) is 9.52 Å². The number of nitrogens with one attached hydrogen (secondary N) is 2. The molecule has 1 saturated heterocycles. The Morgan fingerprint density at radius 1 is 1.02 bits per heavy atom. The molecule has 0 unspecified atom stereocenters. The number of anilines is 1. The number of nitrogens with zero attached hydrogens (tertiary/aromatic N) is 3. The minimum Gasteiger partial charge on any atom is -0.475 e. The fourth-order valence-corrected chi connectivity index (χ4v) is 6.37. The summed E-state index contributed by atoms with van der Waals surface area (Å²) in [5, 5.41) is 3.46. The van der Waals surface area contributed by atoms with Crippen molar-refractivity contribution in [2.75, 3.05) is 31.0 Å². The molecule has 8 heteroatoms. The van der Waals surface area contributed by atoms with Gasteiger partial charge in [-0.15, -0.1) is 0 Å². The maximum atomic E-state index is 14.2. The fourth-order valence-electron chi connectivity index (χ4n) is 5.74. The average molecular weight is 560 g/mol. The van der Waals surface area contributed by atoms with E-state index >= 15 is 0 Å². The molecule has 3 aromatic rings. The number of ether oxygens (including phenoxy) is 1. The van der Waals surface area contributed by atoms with Gasteiger partial charge >= 0.3 is 0 Å². The van der Waals surface area contributed by atoms with Crippen molar-refractivity contribution in [3.05, 3.63) is 65.2 Å². The Balaban J connectivity index is 1.57. The van der Waals surface area contributed by atoms with Gasteiger partial charge in [0, 0.05) is 28.6 Å². The highest BCUT2D eigenvalue weighted by molar-refractivity contribution is 8.00. The number of fused-ring (bicyclic) bond motifs is 4. The molecule has 7 nitrogen and oxygen atoms in total. The first-order valence-corrected chi connectivity index (χ1v) is 15.1. The number of hydrogen-bond donors (Lipinski definition) is 2. The Labute approximate surface area is 242 Å². The Kier molecular flexibility index (Phi) is 8.66. The van der Waals surface area contributed by atoms with E-state index in [1.165, 1.54) is 11.9 Å². The second-order valence-corrected chi connectivity index (χ2v) is 13.2. The van der Waals surface area contributed by atoms with Crippen LogP contribution in [0, 0.1) is 25.2 Å². The predicted molar refractivity (Wildman–Crippen MR) is 163 cm³/mol. The van der Waals surface area contributed by atoms with Crippen LogP contribution in [0.25, 0.3) is 11.3 Å².